The average molecular weight is 641 g/mol. The lowest BCUT2D eigenvalue weighted by Gasteiger charge is -2.08. The van der Waals surface area contributed by atoms with Crippen molar-refractivity contribution in [1.29, 1.82) is 0 Å². The molecule has 0 fully saturated rings. The lowest BCUT2D eigenvalue weighted by atomic mass is 10.0. The fourth-order valence-electron chi connectivity index (χ4n) is 3.41. The van der Waals surface area contributed by atoms with E-state index in [0.717, 1.165) is 31.6 Å². The molecule has 0 atom stereocenters. The Morgan fingerprint density at radius 2 is 1.00 bits per heavy atom. The van der Waals surface area contributed by atoms with E-state index in [1.807, 2.05) is 0 Å². The lowest BCUT2D eigenvalue weighted by molar-refractivity contribution is -0.394. The highest BCUT2D eigenvalue weighted by atomic mass is 32.2. The molecule has 0 amide bonds. The van der Waals surface area contributed by atoms with Crippen molar-refractivity contribution in [2.75, 3.05) is 105 Å². The molecule has 1 aromatic carbocycles. The summed E-state index contributed by atoms with van der Waals surface area (Å²) in [6.07, 6.45) is 3.79. The van der Waals surface area contributed by atoms with E-state index in [2.05, 4.69) is 4.18 Å². The Kier molecular flexibility index (Phi) is 22.5. The molecule has 0 aliphatic carbocycles. The molecule has 0 unspecified atom stereocenters. The van der Waals surface area contributed by atoms with Gasteiger partial charge in [-0.15, -0.1) is 0 Å². The maximum absolute atomic E-state index is 11.2. The smallest absolute Gasteiger partial charge is 0.279 e. The van der Waals surface area contributed by atoms with Crippen LogP contribution >= 0.6 is 0 Å². The summed E-state index contributed by atoms with van der Waals surface area (Å²) in [7, 11) is -3.44. The van der Waals surface area contributed by atoms with Crippen molar-refractivity contribution in [1.82, 2.24) is 0 Å². The third-order valence-electron chi connectivity index (χ3n) is 5.47. The van der Waals surface area contributed by atoms with Crippen molar-refractivity contribution in [3.05, 3.63) is 44.0 Å². The van der Waals surface area contributed by atoms with Gasteiger partial charge in [0.1, 0.15) is 0 Å². The van der Waals surface area contributed by atoms with E-state index in [-0.39, 0.29) is 24.6 Å². The third-order valence-corrected chi connectivity index (χ3v) is 6.06. The van der Waals surface area contributed by atoms with Gasteiger partial charge in [-0.05, 0) is 25.3 Å². The number of nitro benzene ring substituents is 2. The Bertz CT molecular complexity index is 996. The van der Waals surface area contributed by atoms with Crippen molar-refractivity contribution in [2.45, 2.75) is 25.7 Å². The molecule has 0 saturated carbocycles. The van der Waals surface area contributed by atoms with Gasteiger partial charge >= 0.3 is 0 Å². The molecule has 0 N–H and O–H groups in total. The number of benzene rings is 1. The van der Waals surface area contributed by atoms with Crippen LogP contribution in [0.25, 0.3) is 0 Å². The van der Waals surface area contributed by atoms with Gasteiger partial charge in [-0.2, -0.15) is 8.42 Å². The first-order chi connectivity index (χ1) is 20.7. The number of non-ortho nitro benzene ring substituents is 1. The number of ether oxygens (including phenoxy) is 7. The predicted octanol–water partition coefficient (Wildman–Crippen LogP) is 2.31. The number of nitro groups is 2. The standard InChI is InChI=1S/C26H44N2O14S/c1-43(33,34)42-22-21-41-20-19-40-18-17-39-16-15-38-14-13-37-12-11-36-10-9-35-8-4-2-3-5-24-6-7-25(27(29)30)23-26(24)28(31)32/h6-7,23H,2-5,8-22H2,1H3. The number of nitrogens with zero attached hydrogens (tertiary/aromatic N) is 2. The van der Waals surface area contributed by atoms with Crippen LogP contribution in [0.5, 0.6) is 0 Å². The normalized spacial score (nSPS) is 11.7. The largest absolute Gasteiger partial charge is 0.379 e. The van der Waals surface area contributed by atoms with Crippen LogP contribution in [0.3, 0.4) is 0 Å². The minimum Gasteiger partial charge on any atom is -0.379 e. The van der Waals surface area contributed by atoms with E-state index >= 15 is 0 Å². The van der Waals surface area contributed by atoms with Gasteiger partial charge in [0.05, 0.1) is 115 Å². The third kappa shape index (κ3) is 22.8. The molecule has 43 heavy (non-hydrogen) atoms. The summed E-state index contributed by atoms with van der Waals surface area (Å²) in [5.74, 6) is 0. The zero-order chi connectivity index (χ0) is 31.6. The Labute approximate surface area is 252 Å². The first-order valence-electron chi connectivity index (χ1n) is 14.0. The van der Waals surface area contributed by atoms with Crippen LogP contribution in [0.1, 0.15) is 24.8 Å². The van der Waals surface area contributed by atoms with Crippen molar-refractivity contribution in [3.8, 4) is 0 Å². The number of aryl methyl sites for hydroxylation is 1. The summed E-state index contributed by atoms with van der Waals surface area (Å²) >= 11 is 0. The number of hydrogen-bond acceptors (Lipinski definition) is 14. The van der Waals surface area contributed by atoms with Crippen molar-refractivity contribution < 1.29 is 55.6 Å². The highest BCUT2D eigenvalue weighted by Gasteiger charge is 2.18. The maximum Gasteiger partial charge on any atom is 0.279 e. The van der Waals surface area contributed by atoms with E-state index in [0.29, 0.717) is 97.9 Å². The number of rotatable bonds is 30. The minimum absolute atomic E-state index is 0.0164. The molecule has 0 aliphatic rings. The number of hydrogen-bond donors (Lipinski definition) is 0. The SMILES string of the molecule is CS(=O)(=O)OCCOCCOCCOCCOCCOCCOCCOCCCCCc1ccc([N+](=O)[O-])cc1[N+](=O)[O-]. The molecule has 0 aromatic heterocycles. The molecular formula is C26H44N2O14S. The van der Waals surface area contributed by atoms with Crippen LogP contribution in [0.15, 0.2) is 18.2 Å². The van der Waals surface area contributed by atoms with Gasteiger partial charge in [-0.3, -0.25) is 24.4 Å². The summed E-state index contributed by atoms with van der Waals surface area (Å²) < 4.78 is 63.8. The second kappa shape index (κ2) is 25.0. The zero-order valence-electron chi connectivity index (χ0n) is 24.7. The Morgan fingerprint density at radius 3 is 1.40 bits per heavy atom. The van der Waals surface area contributed by atoms with E-state index in [4.69, 9.17) is 33.2 Å². The van der Waals surface area contributed by atoms with Crippen LogP contribution in [-0.4, -0.2) is 124 Å². The predicted molar refractivity (Wildman–Crippen MR) is 154 cm³/mol. The molecule has 17 heteroatoms. The molecule has 0 heterocycles. The summed E-state index contributed by atoms with van der Waals surface area (Å²) in [6, 6.07) is 3.74. The van der Waals surface area contributed by atoms with Gasteiger partial charge in [0.25, 0.3) is 21.5 Å². The highest BCUT2D eigenvalue weighted by Crippen LogP contribution is 2.26. The summed E-state index contributed by atoms with van der Waals surface area (Å²) in [4.78, 5) is 20.8. The summed E-state index contributed by atoms with van der Waals surface area (Å²) in [5, 5.41) is 22.0. The monoisotopic (exact) mass is 640 g/mol. The molecular weight excluding hydrogens is 596 g/mol. The topological polar surface area (TPSA) is 194 Å². The molecule has 1 aromatic rings. The van der Waals surface area contributed by atoms with Crippen LogP contribution in [0, 0.1) is 20.2 Å². The van der Waals surface area contributed by atoms with E-state index in [1.54, 1.807) is 0 Å². The molecule has 0 radical (unpaired) electrons. The second-order valence-corrected chi connectivity index (χ2v) is 10.6. The molecule has 16 nitrogen and oxygen atoms in total. The number of unbranched alkanes of at least 4 members (excludes halogenated alkanes) is 2. The maximum atomic E-state index is 11.2. The first kappa shape index (κ1) is 38.7. The first-order valence-corrected chi connectivity index (χ1v) is 15.8. The van der Waals surface area contributed by atoms with E-state index < -0.39 is 20.0 Å². The minimum atomic E-state index is -3.44. The molecule has 248 valence electrons. The van der Waals surface area contributed by atoms with Crippen LogP contribution < -0.4 is 0 Å². The fraction of sp³-hybridized carbons (Fsp3) is 0.769. The Balaban J connectivity index is 1.79. The van der Waals surface area contributed by atoms with Crippen LogP contribution in [0.4, 0.5) is 11.4 Å². The molecule has 1 rings (SSSR count). The van der Waals surface area contributed by atoms with Gasteiger partial charge in [0, 0.05) is 18.2 Å². The van der Waals surface area contributed by atoms with E-state index in [1.165, 1.54) is 12.1 Å². The van der Waals surface area contributed by atoms with Crippen LogP contribution in [0.2, 0.25) is 0 Å². The van der Waals surface area contributed by atoms with Crippen molar-refractivity contribution in [3.63, 3.8) is 0 Å². The molecule has 0 spiro atoms. The van der Waals surface area contributed by atoms with Crippen LogP contribution in [-0.2, 0) is 53.9 Å². The van der Waals surface area contributed by atoms with Gasteiger partial charge < -0.3 is 33.2 Å². The molecule has 0 saturated heterocycles. The van der Waals surface area contributed by atoms with Gasteiger partial charge in [-0.1, -0.05) is 6.42 Å². The van der Waals surface area contributed by atoms with Crippen molar-refractivity contribution >= 4 is 21.5 Å². The van der Waals surface area contributed by atoms with Gasteiger partial charge in [0.15, 0.2) is 0 Å². The Morgan fingerprint density at radius 1 is 0.581 bits per heavy atom. The Hall–Kier alpha value is -2.35. The van der Waals surface area contributed by atoms with Crippen molar-refractivity contribution in [2.24, 2.45) is 0 Å². The molecule has 0 aliphatic heterocycles. The van der Waals surface area contributed by atoms with Gasteiger partial charge in [0.2, 0.25) is 0 Å². The second-order valence-electron chi connectivity index (χ2n) is 8.95. The van der Waals surface area contributed by atoms with Gasteiger partial charge in [-0.25, -0.2) is 0 Å². The molecule has 0 bridgehead atoms. The highest BCUT2D eigenvalue weighted by molar-refractivity contribution is 7.85. The quantitative estimate of drug-likeness (QED) is 0.0514. The van der Waals surface area contributed by atoms with E-state index in [9.17, 15) is 28.6 Å². The summed E-state index contributed by atoms with van der Waals surface area (Å²) in [6.45, 7) is 5.83. The average Bonchev–Trinajstić information content (AvgIpc) is 2.96. The lowest BCUT2D eigenvalue weighted by Crippen LogP contribution is -2.15. The summed E-state index contributed by atoms with van der Waals surface area (Å²) in [5.41, 5.74) is -0.0176. The fourth-order valence-corrected chi connectivity index (χ4v) is 3.78. The zero-order valence-corrected chi connectivity index (χ0v) is 25.5.